The highest BCUT2D eigenvalue weighted by atomic mass is 32.1. The Bertz CT molecular complexity index is 563. The predicted octanol–water partition coefficient (Wildman–Crippen LogP) is 0.854. The second-order valence-electron chi connectivity index (χ2n) is 4.62. The molecule has 0 amide bonds. The Morgan fingerprint density at radius 1 is 1.20 bits per heavy atom. The van der Waals surface area contributed by atoms with E-state index in [1.807, 2.05) is 24.6 Å². The first kappa shape index (κ1) is 13.1. The topological polar surface area (TPSA) is 83.2 Å². The van der Waals surface area contributed by atoms with Gasteiger partial charge in [-0.05, 0) is 6.92 Å². The fourth-order valence-electron chi connectivity index (χ4n) is 2.28. The number of aromatic nitrogens is 3. The van der Waals surface area contributed by atoms with Gasteiger partial charge in [0.25, 0.3) is 0 Å². The molecule has 0 bridgehead atoms. The van der Waals surface area contributed by atoms with Crippen molar-refractivity contribution in [2.45, 2.75) is 6.92 Å². The molecule has 7 nitrogen and oxygen atoms in total. The van der Waals surface area contributed by atoms with Crippen molar-refractivity contribution in [1.82, 2.24) is 15.0 Å². The molecule has 0 aromatic carbocycles. The molecule has 1 saturated heterocycles. The molecule has 0 atom stereocenters. The van der Waals surface area contributed by atoms with Gasteiger partial charge in [-0.3, -0.25) is 5.43 Å². The van der Waals surface area contributed by atoms with Crippen LogP contribution in [-0.2, 0) is 0 Å². The summed E-state index contributed by atoms with van der Waals surface area (Å²) < 4.78 is 0. The highest BCUT2D eigenvalue weighted by molar-refractivity contribution is 7.13. The summed E-state index contributed by atoms with van der Waals surface area (Å²) >= 11 is 1.68. The Morgan fingerprint density at radius 2 is 1.95 bits per heavy atom. The van der Waals surface area contributed by atoms with Gasteiger partial charge in [0.2, 0.25) is 5.95 Å². The van der Waals surface area contributed by atoms with Crippen LogP contribution >= 0.6 is 11.3 Å². The van der Waals surface area contributed by atoms with Crippen molar-refractivity contribution in [3.63, 3.8) is 0 Å². The zero-order chi connectivity index (χ0) is 13.9. The Morgan fingerprint density at radius 3 is 2.60 bits per heavy atom. The lowest BCUT2D eigenvalue weighted by Gasteiger charge is -2.35. The lowest BCUT2D eigenvalue weighted by molar-refractivity contribution is 0.645. The third-order valence-electron chi connectivity index (χ3n) is 3.26. The number of anilines is 3. The van der Waals surface area contributed by atoms with Crippen LogP contribution < -0.4 is 21.1 Å². The van der Waals surface area contributed by atoms with E-state index >= 15 is 0 Å². The van der Waals surface area contributed by atoms with Gasteiger partial charge in [0.15, 0.2) is 5.13 Å². The van der Waals surface area contributed by atoms with E-state index in [9.17, 15) is 0 Å². The van der Waals surface area contributed by atoms with E-state index in [1.54, 1.807) is 11.3 Å². The van der Waals surface area contributed by atoms with Crippen LogP contribution in [0.5, 0.6) is 0 Å². The van der Waals surface area contributed by atoms with E-state index in [0.717, 1.165) is 42.8 Å². The van der Waals surface area contributed by atoms with Crippen molar-refractivity contribution in [3.8, 4) is 0 Å². The number of thiazole rings is 1. The zero-order valence-electron chi connectivity index (χ0n) is 11.3. The van der Waals surface area contributed by atoms with Gasteiger partial charge < -0.3 is 9.80 Å². The fraction of sp³-hybridized carbons (Fsp3) is 0.417. The first-order chi connectivity index (χ1) is 9.76. The molecule has 0 aliphatic carbocycles. The number of piperazine rings is 1. The van der Waals surface area contributed by atoms with Gasteiger partial charge in [0.1, 0.15) is 5.82 Å². The molecular weight excluding hydrogens is 274 g/mol. The summed E-state index contributed by atoms with van der Waals surface area (Å²) in [6.07, 6.45) is 1.85. The molecule has 3 N–H and O–H groups in total. The molecule has 0 radical (unpaired) electrons. The number of hydrazine groups is 1. The first-order valence-electron chi connectivity index (χ1n) is 6.48. The third kappa shape index (κ3) is 2.66. The standard InChI is InChI=1S/C12H17N7S/c1-9-8-10(16-11(15-9)17-13)18-3-5-19(6-4-18)12-14-2-7-20-12/h2,7-8H,3-6,13H2,1H3,(H,15,16,17). The molecule has 0 spiro atoms. The van der Waals surface area contributed by atoms with Crippen molar-refractivity contribution in [1.29, 1.82) is 0 Å². The maximum absolute atomic E-state index is 5.39. The number of hydrogen-bond donors (Lipinski definition) is 2. The van der Waals surface area contributed by atoms with Crippen LogP contribution in [0.3, 0.4) is 0 Å². The second kappa shape index (κ2) is 5.59. The Balaban J connectivity index is 1.70. The largest absolute Gasteiger partial charge is 0.353 e. The normalized spacial score (nSPS) is 15.5. The van der Waals surface area contributed by atoms with Crippen molar-refractivity contribution in [3.05, 3.63) is 23.3 Å². The number of nitrogens with two attached hydrogens (primary N) is 1. The molecule has 0 saturated carbocycles. The molecule has 2 aromatic rings. The monoisotopic (exact) mass is 291 g/mol. The van der Waals surface area contributed by atoms with E-state index in [1.165, 1.54) is 0 Å². The van der Waals surface area contributed by atoms with Crippen molar-refractivity contribution >= 4 is 28.2 Å². The summed E-state index contributed by atoms with van der Waals surface area (Å²) in [5, 5.41) is 3.10. The van der Waals surface area contributed by atoms with E-state index in [-0.39, 0.29) is 0 Å². The minimum Gasteiger partial charge on any atom is -0.353 e. The minimum atomic E-state index is 0.461. The molecule has 106 valence electrons. The van der Waals surface area contributed by atoms with Crippen LogP contribution in [0.4, 0.5) is 16.9 Å². The Kier molecular flexibility index (Phi) is 3.66. The van der Waals surface area contributed by atoms with Crippen molar-refractivity contribution in [2.24, 2.45) is 5.84 Å². The first-order valence-corrected chi connectivity index (χ1v) is 7.36. The molecule has 1 aliphatic rings. The molecule has 1 fully saturated rings. The summed E-state index contributed by atoms with van der Waals surface area (Å²) in [6.45, 7) is 5.67. The highest BCUT2D eigenvalue weighted by Crippen LogP contribution is 2.21. The second-order valence-corrected chi connectivity index (χ2v) is 5.50. The van der Waals surface area contributed by atoms with E-state index in [4.69, 9.17) is 5.84 Å². The SMILES string of the molecule is Cc1cc(N2CCN(c3nccs3)CC2)nc(NN)n1. The van der Waals surface area contributed by atoms with Crippen LogP contribution in [0.15, 0.2) is 17.6 Å². The average Bonchev–Trinajstić information content (AvgIpc) is 3.01. The smallest absolute Gasteiger partial charge is 0.239 e. The maximum Gasteiger partial charge on any atom is 0.239 e. The molecule has 20 heavy (non-hydrogen) atoms. The lowest BCUT2D eigenvalue weighted by Crippen LogP contribution is -2.46. The number of nitrogen functional groups attached to an aromatic ring is 1. The Hall–Kier alpha value is -1.93. The molecule has 1 aliphatic heterocycles. The highest BCUT2D eigenvalue weighted by Gasteiger charge is 2.20. The predicted molar refractivity (Wildman–Crippen MR) is 81.1 cm³/mol. The minimum absolute atomic E-state index is 0.461. The van der Waals surface area contributed by atoms with Crippen LogP contribution in [0, 0.1) is 6.92 Å². The maximum atomic E-state index is 5.39. The van der Waals surface area contributed by atoms with Gasteiger partial charge in [0.05, 0.1) is 0 Å². The molecule has 2 aromatic heterocycles. The molecule has 3 heterocycles. The lowest BCUT2D eigenvalue weighted by atomic mass is 10.3. The van der Waals surface area contributed by atoms with Gasteiger partial charge in [-0.1, -0.05) is 0 Å². The van der Waals surface area contributed by atoms with Gasteiger partial charge in [-0.2, -0.15) is 4.98 Å². The summed E-state index contributed by atoms with van der Waals surface area (Å²) in [5.74, 6) is 6.78. The van der Waals surface area contributed by atoms with Crippen LogP contribution in [0.1, 0.15) is 5.69 Å². The molecule has 8 heteroatoms. The van der Waals surface area contributed by atoms with Crippen LogP contribution in [0.25, 0.3) is 0 Å². The van der Waals surface area contributed by atoms with Crippen LogP contribution in [0.2, 0.25) is 0 Å². The zero-order valence-corrected chi connectivity index (χ0v) is 12.1. The average molecular weight is 291 g/mol. The fourth-order valence-corrected chi connectivity index (χ4v) is 2.97. The van der Waals surface area contributed by atoms with Gasteiger partial charge in [0, 0.05) is 49.5 Å². The van der Waals surface area contributed by atoms with Crippen molar-refractivity contribution < 1.29 is 0 Å². The van der Waals surface area contributed by atoms with Crippen molar-refractivity contribution in [2.75, 3.05) is 41.4 Å². The van der Waals surface area contributed by atoms with Crippen LogP contribution in [-0.4, -0.2) is 41.1 Å². The number of hydrogen-bond acceptors (Lipinski definition) is 8. The van der Waals surface area contributed by atoms with E-state index in [2.05, 4.69) is 30.2 Å². The number of rotatable bonds is 3. The van der Waals surface area contributed by atoms with Gasteiger partial charge in [-0.25, -0.2) is 15.8 Å². The molecule has 0 unspecified atom stereocenters. The van der Waals surface area contributed by atoms with Gasteiger partial charge >= 0.3 is 0 Å². The third-order valence-corrected chi connectivity index (χ3v) is 4.10. The summed E-state index contributed by atoms with van der Waals surface area (Å²) in [4.78, 5) is 17.5. The quantitative estimate of drug-likeness (QED) is 0.641. The van der Waals surface area contributed by atoms with E-state index < -0.39 is 0 Å². The summed E-state index contributed by atoms with van der Waals surface area (Å²) in [7, 11) is 0. The number of nitrogens with one attached hydrogen (secondary N) is 1. The Labute approximate surface area is 121 Å². The summed E-state index contributed by atoms with van der Waals surface area (Å²) in [5.41, 5.74) is 3.42. The number of nitrogens with zero attached hydrogens (tertiary/aromatic N) is 5. The molecule has 3 rings (SSSR count). The number of aryl methyl sites for hydroxylation is 1. The van der Waals surface area contributed by atoms with Gasteiger partial charge in [-0.15, -0.1) is 11.3 Å². The molecular formula is C12H17N7S. The van der Waals surface area contributed by atoms with E-state index in [0.29, 0.717) is 5.95 Å². The summed E-state index contributed by atoms with van der Waals surface area (Å²) in [6, 6.07) is 1.99.